The Balaban J connectivity index is 0.00000289. The molecule has 32 heavy (non-hydrogen) atoms. The average molecular weight is 552 g/mol. The number of fused-ring (bicyclic) bond motifs is 1. The molecule has 2 aliphatic rings. The molecule has 2 aromatic rings. The summed E-state index contributed by atoms with van der Waals surface area (Å²) in [5.41, 5.74) is 3.81. The van der Waals surface area contributed by atoms with Gasteiger partial charge in [0.05, 0.1) is 19.3 Å². The highest BCUT2D eigenvalue weighted by Crippen LogP contribution is 2.32. The Morgan fingerprint density at radius 2 is 1.88 bits per heavy atom. The van der Waals surface area contributed by atoms with Gasteiger partial charge in [0, 0.05) is 33.2 Å². The molecule has 0 aromatic heterocycles. The van der Waals surface area contributed by atoms with Crippen LogP contribution >= 0.6 is 24.0 Å². The molecule has 0 aliphatic carbocycles. The topological polar surface area (TPSA) is 67.4 Å². The van der Waals surface area contributed by atoms with Crippen LogP contribution in [-0.2, 0) is 11.2 Å². The first-order valence-corrected chi connectivity index (χ1v) is 10.9. The average Bonchev–Trinajstić information content (AvgIpc) is 3.27. The summed E-state index contributed by atoms with van der Waals surface area (Å²) >= 11 is 0. The zero-order valence-electron chi connectivity index (χ0n) is 18.8. The van der Waals surface area contributed by atoms with Gasteiger partial charge in [0.15, 0.2) is 17.5 Å². The molecule has 0 saturated carbocycles. The number of morpholine rings is 1. The number of aliphatic imine (C=N–C) groups is 1. The van der Waals surface area contributed by atoms with E-state index in [0.29, 0.717) is 6.79 Å². The minimum Gasteiger partial charge on any atom is -0.454 e. The zero-order valence-corrected chi connectivity index (χ0v) is 21.1. The van der Waals surface area contributed by atoms with Crippen molar-refractivity contribution >= 4 is 29.9 Å². The lowest BCUT2D eigenvalue weighted by molar-refractivity contribution is 0.0170. The molecule has 2 aromatic carbocycles. The summed E-state index contributed by atoms with van der Waals surface area (Å²) in [5, 5.41) is 6.95. The van der Waals surface area contributed by atoms with Gasteiger partial charge in [0.2, 0.25) is 6.79 Å². The molecule has 0 radical (unpaired) electrons. The van der Waals surface area contributed by atoms with E-state index in [1.165, 1.54) is 16.7 Å². The van der Waals surface area contributed by atoms with Crippen molar-refractivity contribution in [2.75, 3.05) is 53.2 Å². The van der Waals surface area contributed by atoms with Crippen LogP contribution in [0.5, 0.6) is 11.5 Å². The second-order valence-corrected chi connectivity index (χ2v) is 7.90. The highest BCUT2D eigenvalue weighted by atomic mass is 127. The minimum absolute atomic E-state index is 0. The molecule has 0 bridgehead atoms. The first kappa shape index (κ1) is 24.6. The van der Waals surface area contributed by atoms with Gasteiger partial charge < -0.3 is 24.8 Å². The maximum atomic E-state index is 5.56. The van der Waals surface area contributed by atoms with Crippen molar-refractivity contribution in [1.29, 1.82) is 0 Å². The molecular formula is C24H33IN4O3. The third kappa shape index (κ3) is 6.49. The van der Waals surface area contributed by atoms with E-state index >= 15 is 0 Å². The summed E-state index contributed by atoms with van der Waals surface area (Å²) in [6.07, 6.45) is 0.877. The molecule has 1 saturated heterocycles. The third-order valence-corrected chi connectivity index (χ3v) is 5.74. The Bertz CT molecular complexity index is 903. The summed E-state index contributed by atoms with van der Waals surface area (Å²) in [6.45, 7) is 7.46. The fourth-order valence-corrected chi connectivity index (χ4v) is 4.06. The van der Waals surface area contributed by atoms with E-state index in [0.717, 1.165) is 63.3 Å². The molecule has 2 aliphatic heterocycles. The van der Waals surface area contributed by atoms with Gasteiger partial charge in [0.25, 0.3) is 0 Å². The van der Waals surface area contributed by atoms with Crippen molar-refractivity contribution in [1.82, 2.24) is 15.5 Å². The van der Waals surface area contributed by atoms with E-state index in [9.17, 15) is 0 Å². The van der Waals surface area contributed by atoms with Crippen molar-refractivity contribution in [2.45, 2.75) is 19.4 Å². The fraction of sp³-hybridized carbons (Fsp3) is 0.458. The standard InChI is InChI=1S/C24H32N4O3.HI/c1-18-4-3-5-20(14-18)21(28-10-12-29-13-11-28)16-27-24(25-2)26-9-8-19-6-7-22-23(15-19)31-17-30-22;/h3-7,14-15,21H,8-13,16-17H2,1-2H3,(H2,25,26,27);1H. The second-order valence-electron chi connectivity index (χ2n) is 7.90. The number of aryl methyl sites for hydroxylation is 1. The summed E-state index contributed by atoms with van der Waals surface area (Å²) in [6, 6.07) is 15.1. The van der Waals surface area contributed by atoms with Crippen LogP contribution in [0, 0.1) is 6.92 Å². The van der Waals surface area contributed by atoms with Gasteiger partial charge in [-0.1, -0.05) is 35.9 Å². The van der Waals surface area contributed by atoms with Gasteiger partial charge in [0.1, 0.15) is 0 Å². The quantitative estimate of drug-likeness (QED) is 0.313. The Morgan fingerprint density at radius 3 is 2.66 bits per heavy atom. The van der Waals surface area contributed by atoms with Crippen LogP contribution in [0.4, 0.5) is 0 Å². The number of hydrogen-bond acceptors (Lipinski definition) is 5. The lowest BCUT2D eigenvalue weighted by atomic mass is 10.0. The maximum absolute atomic E-state index is 5.56. The molecule has 1 fully saturated rings. The van der Waals surface area contributed by atoms with Gasteiger partial charge in [-0.3, -0.25) is 9.89 Å². The van der Waals surface area contributed by atoms with Crippen molar-refractivity contribution in [3.63, 3.8) is 0 Å². The first-order chi connectivity index (χ1) is 15.2. The highest BCUT2D eigenvalue weighted by molar-refractivity contribution is 14.0. The minimum atomic E-state index is 0. The Morgan fingerprint density at radius 1 is 1.06 bits per heavy atom. The smallest absolute Gasteiger partial charge is 0.231 e. The lowest BCUT2D eigenvalue weighted by Gasteiger charge is -2.35. The maximum Gasteiger partial charge on any atom is 0.231 e. The summed E-state index contributed by atoms with van der Waals surface area (Å²) < 4.78 is 16.4. The number of nitrogens with one attached hydrogen (secondary N) is 2. The van der Waals surface area contributed by atoms with Crippen molar-refractivity contribution in [3.05, 3.63) is 59.2 Å². The Hall–Kier alpha value is -2.04. The Kier molecular flexibility index (Phi) is 9.43. The Labute approximate surface area is 207 Å². The summed E-state index contributed by atoms with van der Waals surface area (Å²) in [4.78, 5) is 6.90. The van der Waals surface area contributed by atoms with Gasteiger partial charge in [-0.25, -0.2) is 0 Å². The first-order valence-electron chi connectivity index (χ1n) is 10.9. The molecule has 1 atom stereocenters. The van der Waals surface area contributed by atoms with E-state index in [1.807, 2.05) is 19.2 Å². The summed E-state index contributed by atoms with van der Waals surface area (Å²) in [7, 11) is 1.81. The van der Waals surface area contributed by atoms with Crippen LogP contribution in [0.25, 0.3) is 0 Å². The molecule has 7 nitrogen and oxygen atoms in total. The van der Waals surface area contributed by atoms with E-state index in [-0.39, 0.29) is 30.0 Å². The number of benzene rings is 2. The molecule has 1 unspecified atom stereocenters. The van der Waals surface area contributed by atoms with Crippen LogP contribution in [0.3, 0.4) is 0 Å². The number of rotatable bonds is 7. The van der Waals surface area contributed by atoms with Crippen LogP contribution in [0.1, 0.15) is 22.7 Å². The summed E-state index contributed by atoms with van der Waals surface area (Å²) in [5.74, 6) is 2.46. The number of ether oxygens (including phenoxy) is 3. The SMILES string of the molecule is CN=C(NCCc1ccc2c(c1)OCO2)NCC(c1cccc(C)c1)N1CCOCC1.I. The molecule has 4 rings (SSSR count). The van der Waals surface area contributed by atoms with Crippen LogP contribution in [0.2, 0.25) is 0 Å². The van der Waals surface area contributed by atoms with Crippen LogP contribution < -0.4 is 20.1 Å². The van der Waals surface area contributed by atoms with Crippen molar-refractivity contribution in [2.24, 2.45) is 4.99 Å². The number of guanidine groups is 1. The molecule has 0 amide bonds. The largest absolute Gasteiger partial charge is 0.454 e. The van der Waals surface area contributed by atoms with Crippen molar-refractivity contribution < 1.29 is 14.2 Å². The molecule has 2 N–H and O–H groups in total. The fourth-order valence-electron chi connectivity index (χ4n) is 4.06. The molecule has 0 spiro atoms. The molecule has 8 heteroatoms. The predicted octanol–water partition coefficient (Wildman–Crippen LogP) is 3.12. The van der Waals surface area contributed by atoms with Gasteiger partial charge in [-0.2, -0.15) is 0 Å². The number of halogens is 1. The van der Waals surface area contributed by atoms with Gasteiger partial charge >= 0.3 is 0 Å². The van der Waals surface area contributed by atoms with Crippen LogP contribution in [-0.4, -0.2) is 64.1 Å². The van der Waals surface area contributed by atoms with E-state index < -0.39 is 0 Å². The van der Waals surface area contributed by atoms with E-state index in [1.54, 1.807) is 0 Å². The van der Waals surface area contributed by atoms with E-state index in [2.05, 4.69) is 57.8 Å². The molecule has 2 heterocycles. The third-order valence-electron chi connectivity index (χ3n) is 5.74. The van der Waals surface area contributed by atoms with E-state index in [4.69, 9.17) is 14.2 Å². The normalized spacial score (nSPS) is 16.9. The monoisotopic (exact) mass is 552 g/mol. The van der Waals surface area contributed by atoms with Crippen molar-refractivity contribution in [3.8, 4) is 11.5 Å². The zero-order chi connectivity index (χ0) is 21.5. The van der Waals surface area contributed by atoms with Gasteiger partial charge in [-0.05, 0) is 36.6 Å². The van der Waals surface area contributed by atoms with Gasteiger partial charge in [-0.15, -0.1) is 24.0 Å². The molecule has 174 valence electrons. The number of nitrogens with zero attached hydrogens (tertiary/aromatic N) is 2. The second kappa shape index (κ2) is 12.3. The number of hydrogen-bond donors (Lipinski definition) is 2. The lowest BCUT2D eigenvalue weighted by Crippen LogP contribution is -2.46. The highest BCUT2D eigenvalue weighted by Gasteiger charge is 2.23. The predicted molar refractivity (Wildman–Crippen MR) is 137 cm³/mol. The molecular weight excluding hydrogens is 519 g/mol. The van der Waals surface area contributed by atoms with Crippen LogP contribution in [0.15, 0.2) is 47.5 Å².